The van der Waals surface area contributed by atoms with Crippen LogP contribution >= 0.6 is 0 Å². The number of urea groups is 1. The van der Waals surface area contributed by atoms with Gasteiger partial charge in [-0.1, -0.05) is 0 Å². The Kier molecular flexibility index (Phi) is 5.42. The molecule has 0 aromatic heterocycles. The van der Waals surface area contributed by atoms with Crippen molar-refractivity contribution in [3.8, 4) is 0 Å². The molecule has 0 bridgehead atoms. The van der Waals surface area contributed by atoms with E-state index in [1.54, 1.807) is 4.90 Å². The first-order chi connectivity index (χ1) is 7.27. The number of hydrogen-bond donors (Lipinski definition) is 1. The first-order valence-corrected chi connectivity index (χ1v) is 5.53. The maximum atomic E-state index is 11.5. The summed E-state index contributed by atoms with van der Waals surface area (Å²) < 4.78 is 10.5. The van der Waals surface area contributed by atoms with Crippen LogP contribution in [0.1, 0.15) is 20.3 Å². The van der Waals surface area contributed by atoms with E-state index >= 15 is 0 Å². The van der Waals surface area contributed by atoms with Gasteiger partial charge in [-0.2, -0.15) is 0 Å². The third kappa shape index (κ3) is 4.05. The van der Waals surface area contributed by atoms with Crippen molar-refractivity contribution >= 4 is 6.03 Å². The quantitative estimate of drug-likeness (QED) is 0.739. The number of hydrogen-bond acceptors (Lipinski definition) is 3. The van der Waals surface area contributed by atoms with Crippen LogP contribution in [0.15, 0.2) is 0 Å². The van der Waals surface area contributed by atoms with Gasteiger partial charge in [0.25, 0.3) is 0 Å². The van der Waals surface area contributed by atoms with E-state index in [1.807, 2.05) is 13.8 Å². The highest BCUT2D eigenvalue weighted by Crippen LogP contribution is 2.06. The molecule has 88 valence electrons. The Morgan fingerprint density at radius 1 is 1.33 bits per heavy atom. The molecule has 5 heteroatoms. The zero-order valence-corrected chi connectivity index (χ0v) is 9.49. The van der Waals surface area contributed by atoms with Crippen molar-refractivity contribution in [2.45, 2.75) is 26.6 Å². The van der Waals surface area contributed by atoms with Crippen molar-refractivity contribution < 1.29 is 14.3 Å². The summed E-state index contributed by atoms with van der Waals surface area (Å²) >= 11 is 0. The molecule has 0 atom stereocenters. The summed E-state index contributed by atoms with van der Waals surface area (Å²) in [5.41, 5.74) is 0. The maximum Gasteiger partial charge on any atom is 0.317 e. The van der Waals surface area contributed by atoms with Crippen molar-refractivity contribution in [2.24, 2.45) is 0 Å². The van der Waals surface area contributed by atoms with Gasteiger partial charge in [0.15, 0.2) is 6.29 Å². The summed E-state index contributed by atoms with van der Waals surface area (Å²) in [5, 5.41) is 2.84. The van der Waals surface area contributed by atoms with E-state index < -0.39 is 0 Å². The summed E-state index contributed by atoms with van der Waals surface area (Å²) in [6.07, 6.45) is 0.578. The Morgan fingerprint density at radius 2 is 1.93 bits per heavy atom. The van der Waals surface area contributed by atoms with Gasteiger partial charge in [0, 0.05) is 26.1 Å². The first-order valence-electron chi connectivity index (χ1n) is 5.53. The van der Waals surface area contributed by atoms with Gasteiger partial charge < -0.3 is 19.7 Å². The SMILES string of the molecule is CCN(CC)C(=O)NCCC1OCCO1. The maximum absolute atomic E-state index is 11.5. The summed E-state index contributed by atoms with van der Waals surface area (Å²) in [6, 6.07) is -0.0157. The number of nitrogens with zero attached hydrogens (tertiary/aromatic N) is 1. The zero-order valence-electron chi connectivity index (χ0n) is 9.49. The van der Waals surface area contributed by atoms with Gasteiger partial charge in [-0.15, -0.1) is 0 Å². The van der Waals surface area contributed by atoms with Crippen molar-refractivity contribution in [3.05, 3.63) is 0 Å². The molecule has 0 aliphatic carbocycles. The monoisotopic (exact) mass is 216 g/mol. The molecule has 1 saturated heterocycles. The Morgan fingerprint density at radius 3 is 2.47 bits per heavy atom. The fourth-order valence-electron chi connectivity index (χ4n) is 1.49. The van der Waals surface area contributed by atoms with E-state index in [0.717, 1.165) is 13.1 Å². The lowest BCUT2D eigenvalue weighted by Crippen LogP contribution is -2.40. The molecule has 0 aromatic carbocycles. The molecule has 0 unspecified atom stereocenters. The fraction of sp³-hybridized carbons (Fsp3) is 0.900. The van der Waals surface area contributed by atoms with Gasteiger partial charge in [0.2, 0.25) is 0 Å². The molecule has 0 aromatic rings. The Bertz CT molecular complexity index is 189. The lowest BCUT2D eigenvalue weighted by Gasteiger charge is -2.19. The molecule has 1 heterocycles. The minimum absolute atomic E-state index is 0.0157. The van der Waals surface area contributed by atoms with Gasteiger partial charge in [-0.05, 0) is 13.8 Å². The molecule has 0 spiro atoms. The zero-order chi connectivity index (χ0) is 11.1. The second-order valence-corrected chi connectivity index (χ2v) is 3.36. The van der Waals surface area contributed by atoms with Gasteiger partial charge >= 0.3 is 6.03 Å². The van der Waals surface area contributed by atoms with E-state index in [1.165, 1.54) is 0 Å². The average molecular weight is 216 g/mol. The molecular weight excluding hydrogens is 196 g/mol. The molecule has 1 aliphatic rings. The number of carbonyl (C=O) groups is 1. The predicted molar refractivity (Wildman–Crippen MR) is 56.6 cm³/mol. The number of rotatable bonds is 5. The molecule has 1 fully saturated rings. The molecule has 15 heavy (non-hydrogen) atoms. The van der Waals surface area contributed by atoms with E-state index in [4.69, 9.17) is 9.47 Å². The molecule has 2 amide bonds. The average Bonchev–Trinajstić information content (AvgIpc) is 2.72. The van der Waals surface area contributed by atoms with E-state index in [0.29, 0.717) is 26.2 Å². The van der Waals surface area contributed by atoms with Gasteiger partial charge in [-0.3, -0.25) is 0 Å². The van der Waals surface area contributed by atoms with Crippen LogP contribution in [0, 0.1) is 0 Å². The number of carbonyl (C=O) groups excluding carboxylic acids is 1. The molecule has 0 saturated carbocycles. The van der Waals surface area contributed by atoms with Crippen molar-refractivity contribution in [1.29, 1.82) is 0 Å². The van der Waals surface area contributed by atoms with Crippen LogP contribution in [0.4, 0.5) is 4.79 Å². The van der Waals surface area contributed by atoms with Crippen LogP contribution in [0.2, 0.25) is 0 Å². The minimum Gasteiger partial charge on any atom is -0.350 e. The number of amides is 2. The predicted octanol–water partition coefficient (Wildman–Crippen LogP) is 0.801. The highest BCUT2D eigenvalue weighted by Gasteiger charge is 2.16. The largest absolute Gasteiger partial charge is 0.350 e. The lowest BCUT2D eigenvalue weighted by molar-refractivity contribution is -0.0455. The Balaban J connectivity index is 2.10. The van der Waals surface area contributed by atoms with Gasteiger partial charge in [0.05, 0.1) is 13.2 Å². The smallest absolute Gasteiger partial charge is 0.317 e. The fourth-order valence-corrected chi connectivity index (χ4v) is 1.49. The van der Waals surface area contributed by atoms with E-state index in [9.17, 15) is 4.79 Å². The summed E-state index contributed by atoms with van der Waals surface area (Å²) in [5.74, 6) is 0. The van der Waals surface area contributed by atoms with Crippen molar-refractivity contribution in [2.75, 3.05) is 32.8 Å². The Hall–Kier alpha value is -0.810. The summed E-state index contributed by atoms with van der Waals surface area (Å²) in [6.45, 7) is 7.32. The van der Waals surface area contributed by atoms with Crippen LogP contribution in [-0.2, 0) is 9.47 Å². The van der Waals surface area contributed by atoms with Crippen LogP contribution < -0.4 is 5.32 Å². The molecule has 0 radical (unpaired) electrons. The van der Waals surface area contributed by atoms with Crippen LogP contribution in [0.3, 0.4) is 0 Å². The standard InChI is InChI=1S/C10H20N2O3/c1-3-12(4-2)10(13)11-6-5-9-14-7-8-15-9/h9H,3-8H2,1-2H3,(H,11,13). The topological polar surface area (TPSA) is 50.8 Å². The first kappa shape index (κ1) is 12.3. The molecule has 5 nitrogen and oxygen atoms in total. The van der Waals surface area contributed by atoms with Gasteiger partial charge in [-0.25, -0.2) is 4.79 Å². The normalized spacial score (nSPS) is 16.7. The Labute approximate surface area is 90.7 Å². The number of nitrogens with one attached hydrogen (secondary N) is 1. The van der Waals surface area contributed by atoms with Crippen molar-refractivity contribution in [3.63, 3.8) is 0 Å². The molecular formula is C10H20N2O3. The highest BCUT2D eigenvalue weighted by atomic mass is 16.7. The second-order valence-electron chi connectivity index (χ2n) is 3.36. The third-order valence-corrected chi connectivity index (χ3v) is 2.40. The number of ether oxygens (including phenoxy) is 2. The summed E-state index contributed by atoms with van der Waals surface area (Å²) in [7, 11) is 0. The molecule has 1 rings (SSSR count). The molecule has 1 N–H and O–H groups in total. The van der Waals surface area contributed by atoms with E-state index in [2.05, 4.69) is 5.32 Å². The van der Waals surface area contributed by atoms with E-state index in [-0.39, 0.29) is 12.3 Å². The minimum atomic E-state index is -0.137. The summed E-state index contributed by atoms with van der Waals surface area (Å²) in [4.78, 5) is 13.3. The van der Waals surface area contributed by atoms with Crippen molar-refractivity contribution in [1.82, 2.24) is 10.2 Å². The lowest BCUT2D eigenvalue weighted by atomic mass is 10.4. The van der Waals surface area contributed by atoms with Crippen LogP contribution in [-0.4, -0.2) is 50.1 Å². The van der Waals surface area contributed by atoms with Crippen LogP contribution in [0.25, 0.3) is 0 Å². The second kappa shape index (κ2) is 6.63. The third-order valence-electron chi connectivity index (χ3n) is 2.40. The van der Waals surface area contributed by atoms with Crippen LogP contribution in [0.5, 0.6) is 0 Å². The van der Waals surface area contributed by atoms with Gasteiger partial charge in [0.1, 0.15) is 0 Å². The molecule has 1 aliphatic heterocycles. The highest BCUT2D eigenvalue weighted by molar-refractivity contribution is 5.73.